The average molecular weight is 465 g/mol. The first-order valence-electron chi connectivity index (χ1n) is 11.3. The number of hydrogen-bond acceptors (Lipinski definition) is 5. The third-order valence-electron chi connectivity index (χ3n) is 5.82. The molecule has 0 radical (unpaired) electrons. The van der Waals surface area contributed by atoms with Gasteiger partial charge >= 0.3 is 5.97 Å². The lowest BCUT2D eigenvalue weighted by atomic mass is 9.99. The molecule has 1 aliphatic rings. The Labute approximate surface area is 203 Å². The minimum absolute atomic E-state index is 0.239. The Bertz CT molecular complexity index is 1440. The molecule has 1 aromatic heterocycles. The maximum Gasteiger partial charge on any atom is 0.338 e. The zero-order valence-electron chi connectivity index (χ0n) is 19.4. The molecule has 0 bridgehead atoms. The van der Waals surface area contributed by atoms with E-state index in [1.165, 1.54) is 0 Å². The lowest BCUT2D eigenvalue weighted by molar-refractivity contribution is -0.110. The highest BCUT2D eigenvalue weighted by atomic mass is 16.5. The Morgan fingerprint density at radius 2 is 1.80 bits per heavy atom. The highest BCUT2D eigenvalue weighted by Crippen LogP contribution is 2.38. The summed E-state index contributed by atoms with van der Waals surface area (Å²) in [6.45, 7) is 2.04. The molecule has 0 saturated heterocycles. The minimum atomic E-state index is -0.420. The van der Waals surface area contributed by atoms with E-state index in [0.29, 0.717) is 22.5 Å². The number of nitrogens with one attached hydrogen (secondary N) is 2. The molecule has 2 N–H and O–H groups in total. The number of imidazole rings is 1. The number of carbonyl (C=O) groups is 2. The molecule has 35 heavy (non-hydrogen) atoms. The zero-order chi connectivity index (χ0) is 24.4. The number of aryl methyl sites for hydroxylation is 1. The van der Waals surface area contributed by atoms with Crippen LogP contribution in [0.15, 0.2) is 85.2 Å². The van der Waals surface area contributed by atoms with Crippen LogP contribution >= 0.6 is 0 Å². The van der Waals surface area contributed by atoms with E-state index in [1.807, 2.05) is 72.4 Å². The maximum absolute atomic E-state index is 13.2. The van der Waals surface area contributed by atoms with Gasteiger partial charge in [0, 0.05) is 36.3 Å². The summed E-state index contributed by atoms with van der Waals surface area (Å²) in [5, 5.41) is 6.35. The second kappa shape index (κ2) is 9.30. The molecule has 4 aromatic rings. The van der Waals surface area contributed by atoms with Crippen LogP contribution in [-0.2, 0) is 16.6 Å². The lowest BCUT2D eigenvalue weighted by Gasteiger charge is -2.15. The summed E-state index contributed by atoms with van der Waals surface area (Å²) in [5.74, 6) is 0.216. The van der Waals surface area contributed by atoms with Gasteiger partial charge in [-0.05, 0) is 48.9 Å². The number of amides is 1. The molecule has 0 spiro atoms. The van der Waals surface area contributed by atoms with Crippen molar-refractivity contribution in [2.24, 2.45) is 7.05 Å². The SMILES string of the molecule is CCOC(=O)c1ccc2c(c1)NC(=O)/C2=C(/Nc1ccc(-c2nccn2C)cc1)c1ccccc1. The van der Waals surface area contributed by atoms with Gasteiger partial charge < -0.3 is 19.9 Å². The van der Waals surface area contributed by atoms with Gasteiger partial charge in [-0.15, -0.1) is 0 Å². The van der Waals surface area contributed by atoms with Gasteiger partial charge in [-0.3, -0.25) is 4.79 Å². The van der Waals surface area contributed by atoms with Crippen molar-refractivity contribution in [1.29, 1.82) is 0 Å². The van der Waals surface area contributed by atoms with E-state index in [1.54, 1.807) is 31.3 Å². The highest BCUT2D eigenvalue weighted by molar-refractivity contribution is 6.37. The number of hydrogen-bond donors (Lipinski definition) is 2. The first-order valence-corrected chi connectivity index (χ1v) is 11.3. The number of benzene rings is 3. The summed E-state index contributed by atoms with van der Waals surface area (Å²) in [5.41, 5.74) is 5.57. The second-order valence-electron chi connectivity index (χ2n) is 8.12. The van der Waals surface area contributed by atoms with Crippen LogP contribution in [-0.4, -0.2) is 28.0 Å². The molecule has 5 rings (SSSR count). The van der Waals surface area contributed by atoms with Gasteiger partial charge in [-0.2, -0.15) is 0 Å². The molecule has 0 saturated carbocycles. The van der Waals surface area contributed by atoms with Crippen molar-refractivity contribution in [1.82, 2.24) is 9.55 Å². The van der Waals surface area contributed by atoms with Crippen LogP contribution in [0.4, 0.5) is 11.4 Å². The Morgan fingerprint density at radius 3 is 2.49 bits per heavy atom. The van der Waals surface area contributed by atoms with Crippen molar-refractivity contribution < 1.29 is 14.3 Å². The minimum Gasteiger partial charge on any atom is -0.462 e. The van der Waals surface area contributed by atoms with E-state index in [0.717, 1.165) is 28.2 Å². The molecule has 7 heteroatoms. The summed E-state index contributed by atoms with van der Waals surface area (Å²) >= 11 is 0. The molecule has 0 atom stereocenters. The number of fused-ring (bicyclic) bond motifs is 1. The first-order chi connectivity index (χ1) is 17.0. The first kappa shape index (κ1) is 22.2. The Morgan fingerprint density at radius 1 is 1.03 bits per heavy atom. The molecule has 7 nitrogen and oxygen atoms in total. The molecular formula is C28H24N4O3. The van der Waals surface area contributed by atoms with E-state index in [4.69, 9.17) is 4.74 Å². The van der Waals surface area contributed by atoms with Crippen LogP contribution in [0.25, 0.3) is 22.7 Å². The molecule has 1 amide bonds. The van der Waals surface area contributed by atoms with Crippen molar-refractivity contribution in [2.75, 3.05) is 17.2 Å². The molecule has 1 aliphatic heterocycles. The highest BCUT2D eigenvalue weighted by Gasteiger charge is 2.29. The molecule has 0 fully saturated rings. The largest absolute Gasteiger partial charge is 0.462 e. The van der Waals surface area contributed by atoms with Crippen molar-refractivity contribution in [3.05, 3.63) is 102 Å². The van der Waals surface area contributed by atoms with Crippen LogP contribution in [0.3, 0.4) is 0 Å². The van der Waals surface area contributed by atoms with Crippen molar-refractivity contribution in [2.45, 2.75) is 6.92 Å². The number of nitrogens with zero attached hydrogens (tertiary/aromatic N) is 2. The van der Waals surface area contributed by atoms with Gasteiger partial charge in [-0.25, -0.2) is 9.78 Å². The summed E-state index contributed by atoms with van der Waals surface area (Å²) in [7, 11) is 1.95. The number of aromatic nitrogens is 2. The van der Waals surface area contributed by atoms with Crippen LogP contribution in [0, 0.1) is 0 Å². The van der Waals surface area contributed by atoms with E-state index >= 15 is 0 Å². The van der Waals surface area contributed by atoms with Crippen LogP contribution < -0.4 is 10.6 Å². The van der Waals surface area contributed by atoms with Gasteiger partial charge in [-0.1, -0.05) is 36.4 Å². The molecular weight excluding hydrogens is 440 g/mol. The smallest absolute Gasteiger partial charge is 0.338 e. The number of ether oxygens (including phenoxy) is 1. The van der Waals surface area contributed by atoms with Gasteiger partial charge in [0.1, 0.15) is 5.82 Å². The zero-order valence-corrected chi connectivity index (χ0v) is 19.4. The summed E-state index contributed by atoms with van der Waals surface area (Å²) in [6.07, 6.45) is 3.67. The Hall–Kier alpha value is -4.65. The van der Waals surface area contributed by atoms with Gasteiger partial charge in [0.2, 0.25) is 0 Å². The van der Waals surface area contributed by atoms with Gasteiger partial charge in [0.05, 0.1) is 29.1 Å². The van der Waals surface area contributed by atoms with Crippen LogP contribution in [0.2, 0.25) is 0 Å². The fourth-order valence-corrected chi connectivity index (χ4v) is 4.14. The molecule has 2 heterocycles. The average Bonchev–Trinajstić information content (AvgIpc) is 3.45. The predicted molar refractivity (Wildman–Crippen MR) is 137 cm³/mol. The summed E-state index contributed by atoms with van der Waals surface area (Å²) in [4.78, 5) is 29.7. The van der Waals surface area contributed by atoms with Crippen LogP contribution in [0.1, 0.15) is 28.4 Å². The summed E-state index contributed by atoms with van der Waals surface area (Å²) in [6, 6.07) is 22.7. The predicted octanol–water partition coefficient (Wildman–Crippen LogP) is 5.20. The van der Waals surface area contributed by atoms with E-state index in [2.05, 4.69) is 15.6 Å². The Balaban J connectivity index is 1.56. The van der Waals surface area contributed by atoms with E-state index in [-0.39, 0.29) is 12.5 Å². The van der Waals surface area contributed by atoms with Crippen molar-refractivity contribution >= 4 is 34.5 Å². The van der Waals surface area contributed by atoms with E-state index < -0.39 is 5.97 Å². The number of esters is 1. The van der Waals surface area contributed by atoms with Crippen LogP contribution in [0.5, 0.6) is 0 Å². The summed E-state index contributed by atoms with van der Waals surface area (Å²) < 4.78 is 7.06. The van der Waals surface area contributed by atoms with Gasteiger partial charge in [0.25, 0.3) is 5.91 Å². The molecule has 0 aliphatic carbocycles. The third kappa shape index (κ3) is 4.31. The number of rotatable bonds is 6. The van der Waals surface area contributed by atoms with Crippen molar-refractivity contribution in [3.8, 4) is 11.4 Å². The molecule has 0 unspecified atom stereocenters. The van der Waals surface area contributed by atoms with Gasteiger partial charge in [0.15, 0.2) is 0 Å². The Kier molecular flexibility index (Phi) is 5.89. The number of anilines is 2. The monoisotopic (exact) mass is 464 g/mol. The molecule has 3 aromatic carbocycles. The van der Waals surface area contributed by atoms with Crippen molar-refractivity contribution in [3.63, 3.8) is 0 Å². The fourth-order valence-electron chi connectivity index (χ4n) is 4.14. The standard InChI is InChI=1S/C28H24N4O3/c1-3-35-28(34)20-11-14-22-23(17-20)31-27(33)24(22)25(18-7-5-4-6-8-18)30-21-12-9-19(10-13-21)26-29-15-16-32(26)2/h4-17,30H,3H2,1-2H3,(H,31,33)/b25-24+. The fraction of sp³-hybridized carbons (Fsp3) is 0.107. The quantitative estimate of drug-likeness (QED) is 0.303. The maximum atomic E-state index is 13.2. The topological polar surface area (TPSA) is 85.2 Å². The third-order valence-corrected chi connectivity index (χ3v) is 5.82. The second-order valence-corrected chi connectivity index (χ2v) is 8.12. The van der Waals surface area contributed by atoms with E-state index in [9.17, 15) is 9.59 Å². The normalized spacial score (nSPS) is 13.7. The number of carbonyl (C=O) groups excluding carboxylic acids is 2. The lowest BCUT2D eigenvalue weighted by Crippen LogP contribution is -2.10. The molecule has 174 valence electrons.